The van der Waals surface area contributed by atoms with Gasteiger partial charge in [-0.1, -0.05) is 62.4 Å². The molecule has 0 aliphatic heterocycles. The Kier molecular flexibility index (Phi) is 8.65. The fraction of sp³-hybridized carbons (Fsp3) is 0.423. The number of carbonyl (C=O) groups is 3. The molecule has 8 heteroatoms. The zero-order valence-corrected chi connectivity index (χ0v) is 19.6. The van der Waals surface area contributed by atoms with Gasteiger partial charge in [0, 0.05) is 19.0 Å². The minimum absolute atomic E-state index is 0.0330. The number of aliphatic carboxylic acids is 1. The van der Waals surface area contributed by atoms with Gasteiger partial charge in [0.25, 0.3) is 0 Å². The third kappa shape index (κ3) is 5.75. The van der Waals surface area contributed by atoms with Crippen molar-refractivity contribution >= 4 is 18.0 Å². The molecule has 3 rings (SSSR count). The Morgan fingerprint density at radius 3 is 2.09 bits per heavy atom. The van der Waals surface area contributed by atoms with Crippen LogP contribution in [0.1, 0.15) is 43.7 Å². The number of carbonyl (C=O) groups excluding carboxylic acids is 2. The Balaban J connectivity index is 1.54. The van der Waals surface area contributed by atoms with Crippen LogP contribution in [-0.2, 0) is 19.1 Å². The number of rotatable bonds is 12. The molecule has 0 spiro atoms. The molecule has 182 valence electrons. The summed E-state index contributed by atoms with van der Waals surface area (Å²) >= 11 is 0. The zero-order valence-electron chi connectivity index (χ0n) is 19.6. The van der Waals surface area contributed by atoms with E-state index < -0.39 is 24.1 Å². The minimum Gasteiger partial charge on any atom is -0.480 e. The van der Waals surface area contributed by atoms with Crippen LogP contribution >= 0.6 is 0 Å². The number of nitrogens with one attached hydrogen (secondary N) is 2. The van der Waals surface area contributed by atoms with Crippen molar-refractivity contribution in [3.8, 4) is 11.1 Å². The lowest BCUT2D eigenvalue weighted by atomic mass is 9.81. The van der Waals surface area contributed by atoms with Gasteiger partial charge >= 0.3 is 12.1 Å². The van der Waals surface area contributed by atoms with E-state index in [4.69, 9.17) is 14.6 Å². The van der Waals surface area contributed by atoms with E-state index in [2.05, 4.69) is 34.9 Å². The number of amides is 2. The molecule has 1 aliphatic carbocycles. The predicted octanol–water partition coefficient (Wildman–Crippen LogP) is 3.55. The number of carboxylic acid groups (broad SMARTS) is 1. The van der Waals surface area contributed by atoms with Gasteiger partial charge in [0.15, 0.2) is 0 Å². The molecule has 0 saturated heterocycles. The average molecular weight is 469 g/mol. The van der Waals surface area contributed by atoms with Crippen molar-refractivity contribution in [3.05, 3.63) is 59.7 Å². The molecule has 0 atom stereocenters. The monoisotopic (exact) mass is 468 g/mol. The first kappa shape index (κ1) is 25.2. The number of ether oxygens (including phenoxy) is 2. The Morgan fingerprint density at radius 1 is 0.941 bits per heavy atom. The zero-order chi connectivity index (χ0) is 24.6. The van der Waals surface area contributed by atoms with Crippen LogP contribution < -0.4 is 10.6 Å². The molecule has 3 N–H and O–H groups in total. The molecule has 0 unspecified atom stereocenters. The first-order valence-corrected chi connectivity index (χ1v) is 11.6. The summed E-state index contributed by atoms with van der Waals surface area (Å²) in [6.45, 7) is 4.01. The van der Waals surface area contributed by atoms with Crippen LogP contribution in [0.2, 0.25) is 0 Å². The summed E-state index contributed by atoms with van der Waals surface area (Å²) < 4.78 is 10.5. The van der Waals surface area contributed by atoms with Crippen LogP contribution in [-0.4, -0.2) is 56.0 Å². The Bertz CT molecular complexity index is 972. The van der Waals surface area contributed by atoms with Gasteiger partial charge in [0.05, 0.1) is 12.0 Å². The fourth-order valence-corrected chi connectivity index (χ4v) is 4.38. The van der Waals surface area contributed by atoms with E-state index in [9.17, 15) is 14.4 Å². The Hall–Kier alpha value is -3.39. The summed E-state index contributed by atoms with van der Waals surface area (Å²) in [7, 11) is 0. The molecule has 0 aromatic heterocycles. The van der Waals surface area contributed by atoms with Gasteiger partial charge < -0.3 is 25.2 Å². The summed E-state index contributed by atoms with van der Waals surface area (Å²) in [6.07, 6.45) is 0.481. The standard InChI is InChI=1S/C26H32N2O6/c1-3-26(4-2,24(31)27-13-14-33-16-23(29)30)17-28-25(32)34-15-22-20-11-7-5-9-18(20)19-10-6-8-12-21(19)22/h5-12,22H,3-4,13-17H2,1-2H3,(H,27,31)(H,28,32)(H,29,30). The summed E-state index contributed by atoms with van der Waals surface area (Å²) in [5.41, 5.74) is 3.80. The van der Waals surface area contributed by atoms with E-state index >= 15 is 0 Å². The number of alkyl carbamates (subject to hydrolysis) is 1. The summed E-state index contributed by atoms with van der Waals surface area (Å²) in [5, 5.41) is 14.1. The molecule has 0 heterocycles. The van der Waals surface area contributed by atoms with Crippen LogP contribution in [0.3, 0.4) is 0 Å². The fourth-order valence-electron chi connectivity index (χ4n) is 4.38. The highest BCUT2D eigenvalue weighted by Gasteiger charge is 2.35. The Labute approximate surface area is 199 Å². The van der Waals surface area contributed by atoms with E-state index in [0.717, 1.165) is 22.3 Å². The second kappa shape index (κ2) is 11.7. The third-order valence-corrected chi connectivity index (χ3v) is 6.51. The van der Waals surface area contributed by atoms with Crippen molar-refractivity contribution in [1.82, 2.24) is 10.6 Å². The number of benzene rings is 2. The van der Waals surface area contributed by atoms with Crippen molar-refractivity contribution in [2.24, 2.45) is 5.41 Å². The Morgan fingerprint density at radius 2 is 1.53 bits per heavy atom. The quantitative estimate of drug-likeness (QED) is 0.411. The largest absolute Gasteiger partial charge is 0.480 e. The van der Waals surface area contributed by atoms with Gasteiger partial charge in [-0.25, -0.2) is 9.59 Å². The van der Waals surface area contributed by atoms with E-state index in [0.29, 0.717) is 12.8 Å². The highest BCUT2D eigenvalue weighted by atomic mass is 16.5. The van der Waals surface area contributed by atoms with Gasteiger partial charge in [-0.15, -0.1) is 0 Å². The lowest BCUT2D eigenvalue weighted by molar-refractivity contribution is -0.142. The maximum absolute atomic E-state index is 12.8. The maximum Gasteiger partial charge on any atom is 0.407 e. The van der Waals surface area contributed by atoms with Crippen molar-refractivity contribution in [2.45, 2.75) is 32.6 Å². The van der Waals surface area contributed by atoms with Crippen molar-refractivity contribution in [1.29, 1.82) is 0 Å². The van der Waals surface area contributed by atoms with Crippen molar-refractivity contribution in [2.75, 3.05) is 32.9 Å². The highest BCUT2D eigenvalue weighted by molar-refractivity contribution is 5.83. The number of hydrogen-bond acceptors (Lipinski definition) is 5. The molecule has 1 aliphatic rings. The molecule has 34 heavy (non-hydrogen) atoms. The van der Waals surface area contributed by atoms with Crippen molar-refractivity contribution in [3.63, 3.8) is 0 Å². The molecular formula is C26H32N2O6. The maximum atomic E-state index is 12.8. The van der Waals surface area contributed by atoms with E-state index in [1.807, 2.05) is 38.1 Å². The van der Waals surface area contributed by atoms with Gasteiger partial charge in [0.2, 0.25) is 5.91 Å². The lowest BCUT2D eigenvalue weighted by Crippen LogP contribution is -2.48. The van der Waals surface area contributed by atoms with Gasteiger partial charge in [-0.3, -0.25) is 4.79 Å². The van der Waals surface area contributed by atoms with Gasteiger partial charge in [-0.05, 0) is 35.1 Å². The first-order chi connectivity index (χ1) is 16.4. The smallest absolute Gasteiger partial charge is 0.407 e. The SMILES string of the molecule is CCC(CC)(CNC(=O)OCC1c2ccccc2-c2ccccc21)C(=O)NCCOCC(=O)O. The third-order valence-electron chi connectivity index (χ3n) is 6.51. The lowest BCUT2D eigenvalue weighted by Gasteiger charge is -2.30. The molecule has 0 saturated carbocycles. The molecule has 0 fully saturated rings. The van der Waals surface area contributed by atoms with E-state index in [1.54, 1.807) is 0 Å². The van der Waals surface area contributed by atoms with Crippen LogP contribution in [0.4, 0.5) is 4.79 Å². The van der Waals surface area contributed by atoms with Crippen LogP contribution in [0.25, 0.3) is 11.1 Å². The molecule has 2 aromatic carbocycles. The number of hydrogen-bond donors (Lipinski definition) is 3. The van der Waals surface area contributed by atoms with Gasteiger partial charge in [0.1, 0.15) is 13.2 Å². The second-order valence-corrected chi connectivity index (χ2v) is 8.37. The normalized spacial score (nSPS) is 12.5. The molecule has 0 bridgehead atoms. The number of fused-ring (bicyclic) bond motifs is 3. The molecule has 2 amide bonds. The summed E-state index contributed by atoms with van der Waals surface area (Å²) in [4.78, 5) is 35.8. The van der Waals surface area contributed by atoms with Crippen LogP contribution in [0.15, 0.2) is 48.5 Å². The topological polar surface area (TPSA) is 114 Å². The van der Waals surface area contributed by atoms with E-state index in [1.165, 1.54) is 0 Å². The molecule has 0 radical (unpaired) electrons. The van der Waals surface area contributed by atoms with Crippen LogP contribution in [0.5, 0.6) is 0 Å². The highest BCUT2D eigenvalue weighted by Crippen LogP contribution is 2.44. The predicted molar refractivity (Wildman–Crippen MR) is 128 cm³/mol. The minimum atomic E-state index is -1.06. The number of carboxylic acids is 1. The second-order valence-electron chi connectivity index (χ2n) is 8.37. The molecule has 2 aromatic rings. The van der Waals surface area contributed by atoms with Crippen LogP contribution in [0, 0.1) is 5.41 Å². The average Bonchev–Trinajstić information content (AvgIpc) is 3.17. The first-order valence-electron chi connectivity index (χ1n) is 11.6. The van der Waals surface area contributed by atoms with Crippen molar-refractivity contribution < 1.29 is 29.0 Å². The summed E-state index contributed by atoms with van der Waals surface area (Å²) in [5.74, 6) is -1.31. The van der Waals surface area contributed by atoms with Gasteiger partial charge in [-0.2, -0.15) is 0 Å². The molecular weight excluding hydrogens is 436 g/mol. The van der Waals surface area contributed by atoms with E-state index in [-0.39, 0.29) is 38.1 Å². The summed E-state index contributed by atoms with van der Waals surface area (Å²) in [6, 6.07) is 16.3. The molecule has 8 nitrogen and oxygen atoms in total.